The summed E-state index contributed by atoms with van der Waals surface area (Å²) in [6, 6.07) is 8.09. The maximum atomic E-state index is 5.55. The monoisotopic (exact) mass is 188 g/mol. The largest absolute Gasteiger partial charge is 0.402 e. The van der Waals surface area contributed by atoms with Gasteiger partial charge in [0, 0.05) is 11.4 Å². The van der Waals surface area contributed by atoms with Gasteiger partial charge in [-0.1, -0.05) is 17.7 Å². The number of aliphatic imine (C=N–C) groups is 1. The molecular weight excluding hydrogens is 172 g/mol. The topological polar surface area (TPSA) is 38.4 Å². The van der Waals surface area contributed by atoms with Crippen LogP contribution in [-0.4, -0.2) is 5.71 Å². The van der Waals surface area contributed by atoms with Crippen LogP contribution in [0.1, 0.15) is 19.4 Å². The Morgan fingerprint density at radius 1 is 1.21 bits per heavy atom. The van der Waals surface area contributed by atoms with Crippen LogP contribution >= 0.6 is 0 Å². The van der Waals surface area contributed by atoms with E-state index in [2.05, 4.69) is 11.9 Å². The van der Waals surface area contributed by atoms with E-state index in [1.807, 2.05) is 44.2 Å². The summed E-state index contributed by atoms with van der Waals surface area (Å²) in [4.78, 5) is 4.40. The van der Waals surface area contributed by atoms with Gasteiger partial charge in [-0.15, -0.1) is 0 Å². The Hall–Kier alpha value is -1.57. The summed E-state index contributed by atoms with van der Waals surface area (Å²) in [7, 11) is 0. The standard InChI is InChI=1S/C12H16N2/c1-9-4-6-12(7-5-9)14-11(3)8-10(2)13/h4-8H,13H2,1-3H3. The van der Waals surface area contributed by atoms with Gasteiger partial charge in [0.1, 0.15) is 0 Å². The van der Waals surface area contributed by atoms with E-state index in [1.54, 1.807) is 0 Å². The molecule has 0 spiro atoms. The number of nitrogens with two attached hydrogens (primary N) is 1. The quantitative estimate of drug-likeness (QED) is 0.712. The van der Waals surface area contributed by atoms with Gasteiger partial charge in [-0.25, -0.2) is 0 Å². The molecule has 1 aromatic carbocycles. The first-order chi connectivity index (χ1) is 6.58. The Labute approximate surface area is 85.2 Å². The number of allylic oxidation sites excluding steroid dienone is 2. The Kier molecular flexibility index (Phi) is 3.46. The Bertz CT molecular complexity index is 354. The summed E-state index contributed by atoms with van der Waals surface area (Å²) in [6.45, 7) is 5.86. The lowest BCUT2D eigenvalue weighted by molar-refractivity contribution is 1.32. The van der Waals surface area contributed by atoms with Gasteiger partial charge in [0.15, 0.2) is 0 Å². The number of aryl methyl sites for hydroxylation is 1. The van der Waals surface area contributed by atoms with Crippen LogP contribution in [0.2, 0.25) is 0 Å². The summed E-state index contributed by atoms with van der Waals surface area (Å²) in [5.74, 6) is 0. The molecule has 0 aliphatic heterocycles. The first-order valence-electron chi connectivity index (χ1n) is 4.63. The van der Waals surface area contributed by atoms with Gasteiger partial charge in [0.25, 0.3) is 0 Å². The maximum absolute atomic E-state index is 5.55. The third-order valence-electron chi connectivity index (χ3n) is 1.78. The summed E-state index contributed by atoms with van der Waals surface area (Å²) >= 11 is 0. The minimum atomic E-state index is 0.776. The molecule has 0 atom stereocenters. The molecule has 0 saturated heterocycles. The number of nitrogens with zero attached hydrogens (tertiary/aromatic N) is 1. The summed E-state index contributed by atoms with van der Waals surface area (Å²) in [6.07, 6.45) is 1.86. The van der Waals surface area contributed by atoms with Crippen molar-refractivity contribution in [2.75, 3.05) is 0 Å². The van der Waals surface area contributed by atoms with Crippen molar-refractivity contribution in [3.05, 3.63) is 41.6 Å². The maximum Gasteiger partial charge on any atom is 0.0633 e. The van der Waals surface area contributed by atoms with Crippen molar-refractivity contribution in [3.8, 4) is 0 Å². The highest BCUT2D eigenvalue weighted by Gasteiger charge is 1.90. The molecule has 0 fully saturated rings. The van der Waals surface area contributed by atoms with E-state index in [0.717, 1.165) is 17.1 Å². The van der Waals surface area contributed by atoms with Crippen LogP contribution in [0.25, 0.3) is 0 Å². The Morgan fingerprint density at radius 2 is 1.79 bits per heavy atom. The lowest BCUT2D eigenvalue weighted by Gasteiger charge is -1.97. The molecule has 0 radical (unpaired) electrons. The molecule has 1 rings (SSSR count). The second-order valence-electron chi connectivity index (χ2n) is 3.48. The van der Waals surface area contributed by atoms with Gasteiger partial charge in [-0.2, -0.15) is 0 Å². The molecule has 2 nitrogen and oxygen atoms in total. The fourth-order valence-electron chi connectivity index (χ4n) is 1.18. The normalized spacial score (nSPS) is 13.1. The number of hydrogen-bond donors (Lipinski definition) is 1. The zero-order valence-electron chi connectivity index (χ0n) is 8.91. The molecule has 14 heavy (non-hydrogen) atoms. The summed E-state index contributed by atoms with van der Waals surface area (Å²) in [5.41, 5.74) is 9.46. The van der Waals surface area contributed by atoms with Gasteiger partial charge >= 0.3 is 0 Å². The summed E-state index contributed by atoms with van der Waals surface area (Å²) < 4.78 is 0. The van der Waals surface area contributed by atoms with Crippen LogP contribution in [0, 0.1) is 6.92 Å². The van der Waals surface area contributed by atoms with Crippen molar-refractivity contribution in [2.24, 2.45) is 10.7 Å². The van der Waals surface area contributed by atoms with E-state index in [0.29, 0.717) is 0 Å². The van der Waals surface area contributed by atoms with Gasteiger partial charge in [-0.3, -0.25) is 4.99 Å². The lowest BCUT2D eigenvalue weighted by atomic mass is 10.2. The van der Waals surface area contributed by atoms with Crippen LogP contribution in [0.5, 0.6) is 0 Å². The molecule has 2 heteroatoms. The highest BCUT2D eigenvalue weighted by molar-refractivity contribution is 5.95. The SMILES string of the molecule is CC(N)=CC(C)=Nc1ccc(C)cc1. The van der Waals surface area contributed by atoms with Crippen LogP contribution in [-0.2, 0) is 0 Å². The molecule has 0 amide bonds. The Morgan fingerprint density at radius 3 is 2.29 bits per heavy atom. The minimum Gasteiger partial charge on any atom is -0.402 e. The third kappa shape index (κ3) is 3.44. The molecule has 0 aliphatic carbocycles. The van der Waals surface area contributed by atoms with Crippen molar-refractivity contribution in [1.82, 2.24) is 0 Å². The predicted molar refractivity (Wildman–Crippen MR) is 61.9 cm³/mol. The molecule has 0 bridgehead atoms. The predicted octanol–water partition coefficient (Wildman–Crippen LogP) is 2.95. The zero-order valence-corrected chi connectivity index (χ0v) is 8.91. The van der Waals surface area contributed by atoms with Crippen LogP contribution in [0.15, 0.2) is 41.0 Å². The fraction of sp³-hybridized carbons (Fsp3) is 0.250. The molecule has 0 unspecified atom stereocenters. The second kappa shape index (κ2) is 4.61. The first kappa shape index (κ1) is 10.5. The zero-order chi connectivity index (χ0) is 10.6. The first-order valence-corrected chi connectivity index (χ1v) is 4.63. The van der Waals surface area contributed by atoms with E-state index in [4.69, 9.17) is 5.73 Å². The number of hydrogen-bond acceptors (Lipinski definition) is 2. The number of benzene rings is 1. The second-order valence-corrected chi connectivity index (χ2v) is 3.48. The van der Waals surface area contributed by atoms with Crippen LogP contribution in [0.4, 0.5) is 5.69 Å². The van der Waals surface area contributed by atoms with Crippen molar-refractivity contribution >= 4 is 11.4 Å². The van der Waals surface area contributed by atoms with Gasteiger partial charge in [0.2, 0.25) is 0 Å². The molecule has 0 saturated carbocycles. The molecular formula is C12H16N2. The van der Waals surface area contributed by atoms with E-state index in [-0.39, 0.29) is 0 Å². The van der Waals surface area contributed by atoms with Crippen molar-refractivity contribution in [2.45, 2.75) is 20.8 Å². The lowest BCUT2D eigenvalue weighted by Crippen LogP contribution is -1.94. The van der Waals surface area contributed by atoms with Gasteiger partial charge in [0.05, 0.1) is 5.69 Å². The Balaban J connectivity index is 2.87. The highest BCUT2D eigenvalue weighted by atomic mass is 14.7. The molecule has 0 aliphatic rings. The van der Waals surface area contributed by atoms with E-state index in [9.17, 15) is 0 Å². The van der Waals surface area contributed by atoms with E-state index >= 15 is 0 Å². The third-order valence-corrected chi connectivity index (χ3v) is 1.78. The van der Waals surface area contributed by atoms with Gasteiger partial charge in [-0.05, 0) is 39.0 Å². The average molecular weight is 188 g/mol. The molecule has 0 heterocycles. The number of rotatable bonds is 2. The van der Waals surface area contributed by atoms with Crippen molar-refractivity contribution in [3.63, 3.8) is 0 Å². The van der Waals surface area contributed by atoms with Crippen LogP contribution in [0.3, 0.4) is 0 Å². The summed E-state index contributed by atoms with van der Waals surface area (Å²) in [5, 5.41) is 0. The van der Waals surface area contributed by atoms with Crippen molar-refractivity contribution < 1.29 is 0 Å². The molecule has 1 aromatic rings. The smallest absolute Gasteiger partial charge is 0.0633 e. The van der Waals surface area contributed by atoms with Gasteiger partial charge < -0.3 is 5.73 Å². The fourth-order valence-corrected chi connectivity index (χ4v) is 1.18. The van der Waals surface area contributed by atoms with E-state index < -0.39 is 0 Å². The average Bonchev–Trinajstić information content (AvgIpc) is 2.07. The van der Waals surface area contributed by atoms with E-state index in [1.165, 1.54) is 5.56 Å². The van der Waals surface area contributed by atoms with Crippen LogP contribution < -0.4 is 5.73 Å². The molecule has 0 aromatic heterocycles. The molecule has 2 N–H and O–H groups in total. The molecule has 74 valence electrons. The highest BCUT2D eigenvalue weighted by Crippen LogP contribution is 2.12. The van der Waals surface area contributed by atoms with Crippen molar-refractivity contribution in [1.29, 1.82) is 0 Å². The minimum absolute atomic E-state index is 0.776.